The van der Waals surface area contributed by atoms with Gasteiger partial charge in [-0.3, -0.25) is 9.78 Å². The average Bonchev–Trinajstić information content (AvgIpc) is 3.20. The number of carbonyl (C=O) groups is 1. The first-order valence-electron chi connectivity index (χ1n) is 8.79. The minimum Gasteiger partial charge on any atom is -0.491 e. The van der Waals surface area contributed by atoms with E-state index < -0.39 is 0 Å². The number of para-hydroxylation sites is 1. The van der Waals surface area contributed by atoms with Crippen LogP contribution in [0.25, 0.3) is 10.9 Å². The minimum absolute atomic E-state index is 0.162. The van der Waals surface area contributed by atoms with Gasteiger partial charge in [0.2, 0.25) is 0 Å². The number of benzene rings is 2. The zero-order chi connectivity index (χ0) is 17.8. The smallest absolute Gasteiger partial charge is 0.257 e. The zero-order valence-electron chi connectivity index (χ0n) is 14.4. The topological polar surface area (TPSA) is 60.5 Å². The molecule has 1 N–H and O–H groups in total. The Morgan fingerprint density at radius 3 is 2.96 bits per heavy atom. The summed E-state index contributed by atoms with van der Waals surface area (Å²) in [7, 11) is 0. The molecule has 1 aliphatic heterocycles. The van der Waals surface area contributed by atoms with Gasteiger partial charge in [0.1, 0.15) is 12.4 Å². The van der Waals surface area contributed by atoms with Gasteiger partial charge >= 0.3 is 0 Å². The third kappa shape index (κ3) is 3.68. The molecule has 2 aromatic carbocycles. The fraction of sp³-hybridized carbons (Fsp3) is 0.238. The predicted octanol–water partition coefficient (Wildman–Crippen LogP) is 4.04. The van der Waals surface area contributed by atoms with Crippen molar-refractivity contribution in [3.8, 4) is 5.75 Å². The van der Waals surface area contributed by atoms with Crippen molar-refractivity contribution in [3.05, 3.63) is 66.4 Å². The van der Waals surface area contributed by atoms with E-state index >= 15 is 0 Å². The Kier molecular flexibility index (Phi) is 4.80. The second kappa shape index (κ2) is 7.54. The van der Waals surface area contributed by atoms with Crippen LogP contribution in [0, 0.1) is 0 Å². The molecule has 132 valence electrons. The van der Waals surface area contributed by atoms with E-state index in [9.17, 15) is 4.79 Å². The Balaban J connectivity index is 1.47. The SMILES string of the molecule is O=C(Nc1cccc(OC[C@@H]2CCCO2)c1)c1cccc2cccnc12. The van der Waals surface area contributed by atoms with Crippen LogP contribution in [0.4, 0.5) is 5.69 Å². The summed E-state index contributed by atoms with van der Waals surface area (Å²) in [6.45, 7) is 1.34. The van der Waals surface area contributed by atoms with Gasteiger partial charge in [-0.2, -0.15) is 0 Å². The minimum atomic E-state index is -0.189. The maximum atomic E-state index is 12.7. The summed E-state index contributed by atoms with van der Waals surface area (Å²) in [4.78, 5) is 17.0. The maximum absolute atomic E-state index is 12.7. The van der Waals surface area contributed by atoms with Crippen LogP contribution >= 0.6 is 0 Å². The van der Waals surface area contributed by atoms with E-state index in [4.69, 9.17) is 9.47 Å². The molecule has 0 saturated carbocycles. The number of pyridine rings is 1. The average molecular weight is 348 g/mol. The molecule has 0 bridgehead atoms. The number of carbonyl (C=O) groups excluding carboxylic acids is 1. The normalized spacial score (nSPS) is 16.5. The molecule has 4 rings (SSSR count). The van der Waals surface area contributed by atoms with Crippen LogP contribution in [0.3, 0.4) is 0 Å². The molecule has 2 heterocycles. The summed E-state index contributed by atoms with van der Waals surface area (Å²) in [5.41, 5.74) is 1.93. The number of hydrogen-bond donors (Lipinski definition) is 1. The van der Waals surface area contributed by atoms with Gasteiger partial charge in [-0.1, -0.05) is 24.3 Å². The Labute approximate surface area is 152 Å². The van der Waals surface area contributed by atoms with Gasteiger partial charge in [0.25, 0.3) is 5.91 Å². The highest BCUT2D eigenvalue weighted by Gasteiger charge is 2.16. The van der Waals surface area contributed by atoms with E-state index in [0.717, 1.165) is 24.8 Å². The summed E-state index contributed by atoms with van der Waals surface area (Å²) in [5.74, 6) is 0.528. The monoisotopic (exact) mass is 348 g/mol. The molecule has 5 nitrogen and oxygen atoms in total. The van der Waals surface area contributed by atoms with E-state index in [-0.39, 0.29) is 12.0 Å². The first kappa shape index (κ1) is 16.5. The number of amides is 1. The maximum Gasteiger partial charge on any atom is 0.257 e. The molecule has 1 aliphatic rings. The van der Waals surface area contributed by atoms with Crippen molar-refractivity contribution in [2.75, 3.05) is 18.5 Å². The molecule has 1 saturated heterocycles. The van der Waals surface area contributed by atoms with Crippen LogP contribution in [0.5, 0.6) is 5.75 Å². The number of rotatable bonds is 5. The second-order valence-corrected chi connectivity index (χ2v) is 6.31. The van der Waals surface area contributed by atoms with Crippen molar-refractivity contribution in [1.29, 1.82) is 0 Å². The van der Waals surface area contributed by atoms with Crippen molar-refractivity contribution in [3.63, 3.8) is 0 Å². The summed E-state index contributed by atoms with van der Waals surface area (Å²) in [5, 5.41) is 3.87. The van der Waals surface area contributed by atoms with Crippen LogP contribution in [-0.2, 0) is 4.74 Å². The highest BCUT2D eigenvalue weighted by molar-refractivity contribution is 6.11. The molecule has 1 fully saturated rings. The van der Waals surface area contributed by atoms with Gasteiger partial charge in [-0.15, -0.1) is 0 Å². The van der Waals surface area contributed by atoms with Crippen LogP contribution in [0.1, 0.15) is 23.2 Å². The fourth-order valence-electron chi connectivity index (χ4n) is 3.11. The number of hydrogen-bond acceptors (Lipinski definition) is 4. The number of nitrogens with one attached hydrogen (secondary N) is 1. The van der Waals surface area contributed by atoms with Gasteiger partial charge in [0.15, 0.2) is 0 Å². The van der Waals surface area contributed by atoms with Crippen molar-refractivity contribution in [1.82, 2.24) is 4.98 Å². The number of nitrogens with zero attached hydrogens (tertiary/aromatic N) is 1. The van der Waals surface area contributed by atoms with Crippen LogP contribution in [0.15, 0.2) is 60.8 Å². The van der Waals surface area contributed by atoms with Crippen molar-refractivity contribution in [2.24, 2.45) is 0 Å². The van der Waals surface area contributed by atoms with Gasteiger partial charge < -0.3 is 14.8 Å². The van der Waals surface area contributed by atoms with Gasteiger partial charge in [-0.25, -0.2) is 0 Å². The zero-order valence-corrected chi connectivity index (χ0v) is 14.4. The van der Waals surface area contributed by atoms with Gasteiger partial charge in [-0.05, 0) is 37.1 Å². The molecule has 1 amide bonds. The fourth-order valence-corrected chi connectivity index (χ4v) is 3.11. The third-order valence-corrected chi connectivity index (χ3v) is 4.43. The second-order valence-electron chi connectivity index (χ2n) is 6.31. The molecule has 26 heavy (non-hydrogen) atoms. The quantitative estimate of drug-likeness (QED) is 0.756. The van der Waals surface area contributed by atoms with E-state index in [1.54, 1.807) is 12.3 Å². The van der Waals surface area contributed by atoms with Crippen LogP contribution in [-0.4, -0.2) is 30.2 Å². The van der Waals surface area contributed by atoms with Crippen LogP contribution in [0.2, 0.25) is 0 Å². The van der Waals surface area contributed by atoms with Crippen LogP contribution < -0.4 is 10.1 Å². The number of anilines is 1. The highest BCUT2D eigenvalue weighted by Crippen LogP contribution is 2.22. The molecule has 0 aliphatic carbocycles. The van der Waals surface area contributed by atoms with Crippen molar-refractivity contribution in [2.45, 2.75) is 18.9 Å². The Hall–Kier alpha value is -2.92. The molecular formula is C21H20N2O3. The van der Waals surface area contributed by atoms with E-state index in [0.29, 0.717) is 29.1 Å². The lowest BCUT2D eigenvalue weighted by molar-refractivity contribution is 0.0680. The van der Waals surface area contributed by atoms with E-state index in [1.807, 2.05) is 48.5 Å². The van der Waals surface area contributed by atoms with Crippen molar-refractivity contribution >= 4 is 22.5 Å². The molecule has 1 aromatic heterocycles. The first-order chi connectivity index (χ1) is 12.8. The number of aromatic nitrogens is 1. The lowest BCUT2D eigenvalue weighted by Gasteiger charge is -2.13. The molecule has 3 aromatic rings. The third-order valence-electron chi connectivity index (χ3n) is 4.43. The summed E-state index contributed by atoms with van der Waals surface area (Å²) in [6, 6.07) is 16.8. The molecule has 0 radical (unpaired) electrons. The first-order valence-corrected chi connectivity index (χ1v) is 8.79. The van der Waals surface area contributed by atoms with Gasteiger partial charge in [0, 0.05) is 29.9 Å². The molecule has 0 spiro atoms. The number of fused-ring (bicyclic) bond motifs is 1. The van der Waals surface area contributed by atoms with Gasteiger partial charge in [0.05, 0.1) is 17.2 Å². The molecule has 0 unspecified atom stereocenters. The molecular weight excluding hydrogens is 328 g/mol. The largest absolute Gasteiger partial charge is 0.491 e. The standard InChI is InChI=1S/C21H20N2O3/c24-21(19-10-1-5-15-6-3-11-22-20(15)19)23-16-7-2-8-17(13-16)26-14-18-9-4-12-25-18/h1-3,5-8,10-11,13,18H,4,9,12,14H2,(H,23,24)/t18-/m0/s1. The summed E-state index contributed by atoms with van der Waals surface area (Å²) >= 11 is 0. The predicted molar refractivity (Wildman–Crippen MR) is 101 cm³/mol. The Morgan fingerprint density at radius 1 is 1.19 bits per heavy atom. The highest BCUT2D eigenvalue weighted by atomic mass is 16.5. The lowest BCUT2D eigenvalue weighted by atomic mass is 10.1. The molecule has 5 heteroatoms. The summed E-state index contributed by atoms with van der Waals surface area (Å²) in [6.07, 6.45) is 3.97. The van der Waals surface area contributed by atoms with E-state index in [2.05, 4.69) is 10.3 Å². The van der Waals surface area contributed by atoms with E-state index in [1.165, 1.54) is 0 Å². The number of ether oxygens (including phenoxy) is 2. The molecule has 1 atom stereocenters. The Morgan fingerprint density at radius 2 is 2.08 bits per heavy atom. The summed E-state index contributed by atoms with van der Waals surface area (Å²) < 4.78 is 11.4. The lowest BCUT2D eigenvalue weighted by Crippen LogP contribution is -2.16. The van der Waals surface area contributed by atoms with Crippen molar-refractivity contribution < 1.29 is 14.3 Å². The Bertz CT molecular complexity index is 915.